The fourth-order valence-electron chi connectivity index (χ4n) is 2.48. The Balaban J connectivity index is 2.26. The second kappa shape index (κ2) is 5.33. The summed E-state index contributed by atoms with van der Waals surface area (Å²) >= 11 is 1.55. The van der Waals surface area contributed by atoms with Crippen LogP contribution in [0.4, 0.5) is 0 Å². The van der Waals surface area contributed by atoms with Gasteiger partial charge in [0.1, 0.15) is 10.8 Å². The standard InChI is InChI=1S/C12H18N2O3S2/c1-2-19(16,17)10-8-18-7-6-14(10)11(15)12(9-13)4-3-5-12/h10H,2-8H2,1H3. The van der Waals surface area contributed by atoms with Crippen molar-refractivity contribution in [1.82, 2.24) is 4.90 Å². The number of nitrogens with zero attached hydrogens (tertiary/aromatic N) is 2. The summed E-state index contributed by atoms with van der Waals surface area (Å²) in [5.74, 6) is 0.914. The molecular formula is C12H18N2O3S2. The molecule has 1 aliphatic heterocycles. The van der Waals surface area contributed by atoms with Gasteiger partial charge in [-0.2, -0.15) is 17.0 Å². The topological polar surface area (TPSA) is 78.2 Å². The molecule has 1 atom stereocenters. The van der Waals surface area contributed by atoms with E-state index in [9.17, 15) is 18.5 Å². The maximum atomic E-state index is 12.5. The molecule has 0 radical (unpaired) electrons. The molecular weight excluding hydrogens is 284 g/mol. The largest absolute Gasteiger partial charge is 0.323 e. The molecule has 0 aromatic carbocycles. The van der Waals surface area contributed by atoms with Crippen molar-refractivity contribution in [3.63, 3.8) is 0 Å². The highest BCUT2D eigenvalue weighted by molar-refractivity contribution is 8.01. The molecule has 2 fully saturated rings. The third kappa shape index (κ3) is 2.48. The molecule has 1 unspecified atom stereocenters. The van der Waals surface area contributed by atoms with E-state index in [1.165, 1.54) is 4.90 Å². The summed E-state index contributed by atoms with van der Waals surface area (Å²) in [7, 11) is -3.29. The Morgan fingerprint density at radius 1 is 1.53 bits per heavy atom. The van der Waals surface area contributed by atoms with Gasteiger partial charge in [0.25, 0.3) is 0 Å². The van der Waals surface area contributed by atoms with Gasteiger partial charge in [-0.25, -0.2) is 8.42 Å². The molecule has 0 aromatic heterocycles. The molecule has 2 rings (SSSR count). The van der Waals surface area contributed by atoms with Crippen LogP contribution >= 0.6 is 11.8 Å². The van der Waals surface area contributed by atoms with E-state index in [4.69, 9.17) is 0 Å². The van der Waals surface area contributed by atoms with Crippen LogP contribution in [0.1, 0.15) is 26.2 Å². The van der Waals surface area contributed by atoms with Crippen molar-refractivity contribution in [3.8, 4) is 6.07 Å². The van der Waals surface area contributed by atoms with Crippen LogP contribution < -0.4 is 0 Å². The Hall–Kier alpha value is -0.740. The Morgan fingerprint density at radius 2 is 2.21 bits per heavy atom. The number of nitriles is 1. The number of hydrogen-bond donors (Lipinski definition) is 0. The first-order valence-electron chi connectivity index (χ1n) is 6.48. The second-order valence-electron chi connectivity index (χ2n) is 5.03. The van der Waals surface area contributed by atoms with Crippen molar-refractivity contribution in [1.29, 1.82) is 5.26 Å². The van der Waals surface area contributed by atoms with E-state index in [2.05, 4.69) is 6.07 Å². The lowest BCUT2D eigenvalue weighted by molar-refractivity contribution is -0.143. The second-order valence-corrected chi connectivity index (χ2v) is 8.62. The zero-order valence-electron chi connectivity index (χ0n) is 11.0. The van der Waals surface area contributed by atoms with Gasteiger partial charge in [0.15, 0.2) is 9.84 Å². The van der Waals surface area contributed by atoms with Crippen LogP contribution in [0, 0.1) is 16.7 Å². The van der Waals surface area contributed by atoms with Gasteiger partial charge < -0.3 is 4.90 Å². The zero-order valence-corrected chi connectivity index (χ0v) is 12.6. The van der Waals surface area contributed by atoms with Gasteiger partial charge >= 0.3 is 0 Å². The number of thioether (sulfide) groups is 1. The van der Waals surface area contributed by atoms with Crippen LogP contribution in [-0.4, -0.2) is 48.4 Å². The minimum atomic E-state index is -3.29. The highest BCUT2D eigenvalue weighted by Crippen LogP contribution is 2.43. The predicted octanol–water partition coefficient (Wildman–Crippen LogP) is 1.02. The summed E-state index contributed by atoms with van der Waals surface area (Å²) in [5, 5.41) is 8.48. The van der Waals surface area contributed by atoms with Gasteiger partial charge in [0, 0.05) is 23.8 Å². The summed E-state index contributed by atoms with van der Waals surface area (Å²) in [6.45, 7) is 2.03. The molecule has 5 nitrogen and oxygen atoms in total. The fraction of sp³-hybridized carbons (Fsp3) is 0.833. The van der Waals surface area contributed by atoms with Crippen molar-refractivity contribution >= 4 is 27.5 Å². The third-order valence-electron chi connectivity index (χ3n) is 3.99. The number of carbonyl (C=O) groups excluding carboxylic acids is 1. The molecule has 19 heavy (non-hydrogen) atoms. The number of hydrogen-bond acceptors (Lipinski definition) is 5. The lowest BCUT2D eigenvalue weighted by atomic mass is 9.69. The average Bonchev–Trinajstić information content (AvgIpc) is 2.38. The van der Waals surface area contributed by atoms with Gasteiger partial charge in [-0.1, -0.05) is 6.92 Å². The van der Waals surface area contributed by atoms with Gasteiger partial charge in [-0.3, -0.25) is 4.79 Å². The van der Waals surface area contributed by atoms with Gasteiger partial charge in [0.2, 0.25) is 5.91 Å². The fourth-order valence-corrected chi connectivity index (χ4v) is 5.45. The van der Waals surface area contributed by atoms with Crippen molar-refractivity contribution in [2.45, 2.75) is 31.6 Å². The normalized spacial score (nSPS) is 26.3. The summed E-state index contributed by atoms with van der Waals surface area (Å²) < 4.78 is 24.2. The molecule has 1 amide bonds. The highest BCUT2D eigenvalue weighted by atomic mass is 32.2. The first-order valence-corrected chi connectivity index (χ1v) is 9.35. The van der Waals surface area contributed by atoms with Crippen LogP contribution in [-0.2, 0) is 14.6 Å². The first-order chi connectivity index (χ1) is 8.97. The maximum absolute atomic E-state index is 12.5. The number of amides is 1. The van der Waals surface area contributed by atoms with E-state index in [1.807, 2.05) is 0 Å². The van der Waals surface area contributed by atoms with E-state index < -0.39 is 20.6 Å². The van der Waals surface area contributed by atoms with Gasteiger partial charge in [-0.15, -0.1) is 0 Å². The summed E-state index contributed by atoms with van der Waals surface area (Å²) in [6, 6.07) is 2.11. The lowest BCUT2D eigenvalue weighted by Crippen LogP contribution is -2.56. The predicted molar refractivity (Wildman–Crippen MR) is 74.2 cm³/mol. The Morgan fingerprint density at radius 3 is 2.68 bits per heavy atom. The molecule has 2 aliphatic rings. The first kappa shape index (κ1) is 14.7. The van der Waals surface area contributed by atoms with E-state index in [1.54, 1.807) is 18.7 Å². The summed E-state index contributed by atoms with van der Waals surface area (Å²) in [6.07, 6.45) is 1.99. The Bertz CT molecular complexity index is 506. The molecule has 0 N–H and O–H groups in total. The molecule has 1 heterocycles. The van der Waals surface area contributed by atoms with Crippen LogP contribution in [0.2, 0.25) is 0 Å². The molecule has 106 valence electrons. The molecule has 7 heteroatoms. The lowest BCUT2D eigenvalue weighted by Gasteiger charge is -2.42. The number of rotatable bonds is 3. The van der Waals surface area contributed by atoms with Gasteiger partial charge in [-0.05, 0) is 19.3 Å². The van der Waals surface area contributed by atoms with Crippen molar-refractivity contribution in [3.05, 3.63) is 0 Å². The van der Waals surface area contributed by atoms with E-state index in [0.29, 0.717) is 25.1 Å². The Kier molecular flexibility index (Phi) is 4.11. The molecule has 1 saturated carbocycles. The monoisotopic (exact) mass is 302 g/mol. The van der Waals surface area contributed by atoms with Gasteiger partial charge in [0.05, 0.1) is 6.07 Å². The summed E-state index contributed by atoms with van der Waals surface area (Å²) in [4.78, 5) is 14.0. The Labute approximate surface area is 118 Å². The minimum absolute atomic E-state index is 0.0293. The molecule has 0 spiro atoms. The van der Waals surface area contributed by atoms with Crippen molar-refractivity contribution in [2.24, 2.45) is 5.41 Å². The molecule has 0 bridgehead atoms. The maximum Gasteiger partial charge on any atom is 0.244 e. The number of sulfone groups is 1. The smallest absolute Gasteiger partial charge is 0.244 e. The third-order valence-corrected chi connectivity index (χ3v) is 7.28. The zero-order chi connectivity index (χ0) is 14.1. The van der Waals surface area contributed by atoms with Crippen molar-refractivity contribution < 1.29 is 13.2 Å². The van der Waals surface area contributed by atoms with Crippen LogP contribution in [0.5, 0.6) is 0 Å². The number of carbonyl (C=O) groups is 1. The van der Waals surface area contributed by atoms with Crippen LogP contribution in [0.25, 0.3) is 0 Å². The highest BCUT2D eigenvalue weighted by Gasteiger charge is 2.50. The minimum Gasteiger partial charge on any atom is -0.323 e. The average molecular weight is 302 g/mol. The van der Waals surface area contributed by atoms with Crippen LogP contribution in [0.3, 0.4) is 0 Å². The van der Waals surface area contributed by atoms with E-state index in [-0.39, 0.29) is 11.7 Å². The SMILES string of the molecule is CCS(=O)(=O)C1CSCCN1C(=O)C1(C#N)CCC1. The molecule has 0 aromatic rings. The van der Waals surface area contributed by atoms with E-state index in [0.717, 1.165) is 12.2 Å². The molecule has 1 aliphatic carbocycles. The summed E-state index contributed by atoms with van der Waals surface area (Å²) in [5.41, 5.74) is -0.955. The van der Waals surface area contributed by atoms with Crippen LogP contribution in [0.15, 0.2) is 0 Å². The van der Waals surface area contributed by atoms with Crippen molar-refractivity contribution in [2.75, 3.05) is 23.8 Å². The van der Waals surface area contributed by atoms with E-state index >= 15 is 0 Å². The molecule has 1 saturated heterocycles. The quantitative estimate of drug-likeness (QED) is 0.777.